The van der Waals surface area contributed by atoms with Crippen molar-refractivity contribution >= 4 is 15.8 Å². The number of rotatable bonds is 9. The Morgan fingerprint density at radius 1 is 1.00 bits per heavy atom. The minimum atomic E-state index is -4.48. The first kappa shape index (κ1) is 26.4. The molecule has 3 rings (SSSR count). The Morgan fingerprint density at radius 2 is 1.60 bits per heavy atom. The second-order valence-electron chi connectivity index (χ2n) is 7.76. The smallest absolute Gasteiger partial charge is 0.416 e. The van der Waals surface area contributed by atoms with E-state index in [1.54, 1.807) is 12.1 Å². The predicted octanol–water partition coefficient (Wildman–Crippen LogP) is 4.19. The highest BCUT2D eigenvalue weighted by molar-refractivity contribution is 7.91. The number of esters is 1. The van der Waals surface area contributed by atoms with Gasteiger partial charge in [0.15, 0.2) is 0 Å². The molecule has 0 spiro atoms. The summed E-state index contributed by atoms with van der Waals surface area (Å²) >= 11 is 0. The summed E-state index contributed by atoms with van der Waals surface area (Å²) in [5.74, 6) is -0.561. The highest BCUT2D eigenvalue weighted by Gasteiger charge is 2.30. The number of halogens is 3. The Kier molecular flexibility index (Phi) is 8.31. The van der Waals surface area contributed by atoms with E-state index in [1.165, 1.54) is 55.6 Å². The molecule has 0 heterocycles. The fraction of sp³-hybridized carbons (Fsp3) is 0.240. The molecule has 10 heteroatoms. The largest absolute Gasteiger partial charge is 0.465 e. The third-order valence-corrected chi connectivity index (χ3v) is 7.13. The number of ether oxygens (including phenoxy) is 1. The molecule has 2 N–H and O–H groups in total. The molecule has 0 amide bonds. The lowest BCUT2D eigenvalue weighted by atomic mass is 10.1. The number of aliphatic hydroxyl groups is 1. The van der Waals surface area contributed by atoms with Crippen LogP contribution in [0.3, 0.4) is 0 Å². The molecule has 3 aromatic rings. The van der Waals surface area contributed by atoms with Gasteiger partial charge in [0.05, 0.1) is 34.1 Å². The van der Waals surface area contributed by atoms with Gasteiger partial charge in [0.1, 0.15) is 0 Å². The van der Waals surface area contributed by atoms with Gasteiger partial charge >= 0.3 is 12.1 Å². The molecule has 3 aromatic carbocycles. The van der Waals surface area contributed by atoms with E-state index in [2.05, 4.69) is 10.1 Å². The normalized spacial score (nSPS) is 12.8. The van der Waals surface area contributed by atoms with Gasteiger partial charge < -0.3 is 15.2 Å². The Labute approximate surface area is 201 Å². The van der Waals surface area contributed by atoms with Crippen molar-refractivity contribution in [2.45, 2.75) is 28.5 Å². The van der Waals surface area contributed by atoms with Crippen LogP contribution in [-0.4, -0.2) is 39.7 Å². The average Bonchev–Trinajstić information content (AvgIpc) is 2.86. The van der Waals surface area contributed by atoms with Crippen LogP contribution in [0, 0.1) is 0 Å². The second-order valence-corrected chi connectivity index (χ2v) is 9.71. The summed E-state index contributed by atoms with van der Waals surface area (Å²) in [6.45, 7) is 0.493. The van der Waals surface area contributed by atoms with E-state index in [1.807, 2.05) is 0 Å². The molecule has 0 aliphatic heterocycles. The molecule has 0 radical (unpaired) electrons. The van der Waals surface area contributed by atoms with Crippen molar-refractivity contribution in [3.63, 3.8) is 0 Å². The summed E-state index contributed by atoms with van der Waals surface area (Å²) in [7, 11) is -2.53. The first-order chi connectivity index (χ1) is 16.5. The van der Waals surface area contributed by atoms with E-state index >= 15 is 0 Å². The predicted molar refractivity (Wildman–Crippen MR) is 123 cm³/mol. The van der Waals surface area contributed by atoms with Crippen LogP contribution in [0.15, 0.2) is 82.6 Å². The van der Waals surface area contributed by atoms with Gasteiger partial charge in [-0.3, -0.25) is 0 Å². The summed E-state index contributed by atoms with van der Waals surface area (Å²) in [4.78, 5) is 11.7. The number of benzene rings is 3. The van der Waals surface area contributed by atoms with Crippen molar-refractivity contribution in [1.82, 2.24) is 5.32 Å². The third kappa shape index (κ3) is 6.68. The second kappa shape index (κ2) is 11.0. The first-order valence-electron chi connectivity index (χ1n) is 10.6. The van der Waals surface area contributed by atoms with Crippen LogP contribution in [0.4, 0.5) is 13.2 Å². The summed E-state index contributed by atoms with van der Waals surface area (Å²) in [5.41, 5.74) is 0.434. The highest BCUT2D eigenvalue weighted by Crippen LogP contribution is 2.30. The summed E-state index contributed by atoms with van der Waals surface area (Å²) in [5, 5.41) is 13.2. The number of aliphatic hydroxyl groups excluding tert-OH is 1. The van der Waals surface area contributed by atoms with Crippen LogP contribution in [-0.2, 0) is 27.2 Å². The number of carbonyl (C=O) groups excluding carboxylic acids is 1. The molecule has 6 nitrogen and oxygen atoms in total. The summed E-state index contributed by atoms with van der Waals surface area (Å²) in [6, 6.07) is 16.3. The van der Waals surface area contributed by atoms with Gasteiger partial charge in [0.2, 0.25) is 9.84 Å². The molecule has 186 valence electrons. The lowest BCUT2D eigenvalue weighted by Gasteiger charge is -2.14. The van der Waals surface area contributed by atoms with Crippen molar-refractivity contribution in [2.24, 2.45) is 0 Å². The van der Waals surface area contributed by atoms with E-state index in [0.717, 1.165) is 17.7 Å². The van der Waals surface area contributed by atoms with Crippen molar-refractivity contribution in [2.75, 3.05) is 20.2 Å². The maximum absolute atomic E-state index is 12.8. The number of carbonyl (C=O) groups is 1. The molecule has 1 atom stereocenters. The Morgan fingerprint density at radius 3 is 2.17 bits per heavy atom. The van der Waals surface area contributed by atoms with E-state index in [0.29, 0.717) is 13.0 Å². The number of nitrogens with one attached hydrogen (secondary N) is 1. The van der Waals surface area contributed by atoms with Gasteiger partial charge in [0, 0.05) is 6.54 Å². The SMILES string of the molecule is COC(=O)c1ccc(S(=O)(=O)c2ccc(CCNC[C@@H](O)c3cccc(C(F)(F)F)c3)cc2)cc1. The van der Waals surface area contributed by atoms with Crippen LogP contribution in [0.25, 0.3) is 0 Å². The molecule has 0 saturated carbocycles. The topological polar surface area (TPSA) is 92.7 Å². The molecule has 35 heavy (non-hydrogen) atoms. The lowest BCUT2D eigenvalue weighted by Crippen LogP contribution is -2.24. The fourth-order valence-electron chi connectivity index (χ4n) is 3.37. The molecule has 0 unspecified atom stereocenters. The van der Waals surface area contributed by atoms with Gasteiger partial charge in [0.25, 0.3) is 0 Å². The van der Waals surface area contributed by atoms with Crippen molar-refractivity contribution in [1.29, 1.82) is 0 Å². The average molecular weight is 508 g/mol. The van der Waals surface area contributed by atoms with Crippen molar-refractivity contribution < 1.29 is 36.2 Å². The van der Waals surface area contributed by atoms with Crippen LogP contribution >= 0.6 is 0 Å². The maximum Gasteiger partial charge on any atom is 0.416 e. The maximum atomic E-state index is 12.8. The summed E-state index contributed by atoms with van der Waals surface area (Å²) < 4.78 is 68.7. The molecule has 0 saturated heterocycles. The van der Waals surface area contributed by atoms with Gasteiger partial charge in [-0.2, -0.15) is 13.2 Å². The standard InChI is InChI=1S/C25H24F3NO5S/c1-34-24(31)18-7-11-22(12-8-18)35(32,33)21-9-5-17(6-10-21)13-14-29-16-23(30)19-3-2-4-20(15-19)25(26,27)28/h2-12,15,23,29-30H,13-14,16H2,1H3/t23-/m1/s1. The molecule has 0 aliphatic rings. The fourth-order valence-corrected chi connectivity index (χ4v) is 4.63. The third-order valence-electron chi connectivity index (χ3n) is 5.35. The van der Waals surface area contributed by atoms with Crippen molar-refractivity contribution in [3.8, 4) is 0 Å². The first-order valence-corrected chi connectivity index (χ1v) is 12.1. The molecule has 0 aliphatic carbocycles. The molecule has 0 aromatic heterocycles. The van der Waals surface area contributed by atoms with Gasteiger partial charge in [-0.1, -0.05) is 24.3 Å². The number of hydrogen-bond donors (Lipinski definition) is 2. The van der Waals surface area contributed by atoms with Gasteiger partial charge in [-0.25, -0.2) is 13.2 Å². The number of sulfone groups is 1. The quantitative estimate of drug-likeness (QED) is 0.333. The molecule has 0 bridgehead atoms. The minimum Gasteiger partial charge on any atom is -0.465 e. The molecule has 0 fully saturated rings. The highest BCUT2D eigenvalue weighted by atomic mass is 32.2. The van der Waals surface area contributed by atoms with E-state index in [9.17, 15) is 31.5 Å². The Hall–Kier alpha value is -3.21. The zero-order valence-electron chi connectivity index (χ0n) is 18.7. The van der Waals surface area contributed by atoms with Crippen molar-refractivity contribution in [3.05, 3.63) is 95.1 Å². The monoisotopic (exact) mass is 507 g/mol. The molecular formula is C25H24F3NO5S. The van der Waals surface area contributed by atoms with Crippen LogP contribution in [0.1, 0.15) is 33.2 Å². The number of hydrogen-bond acceptors (Lipinski definition) is 6. The Balaban J connectivity index is 1.55. The van der Waals surface area contributed by atoms with Crippen LogP contribution in [0.2, 0.25) is 0 Å². The van der Waals surface area contributed by atoms with E-state index in [4.69, 9.17) is 0 Å². The number of methoxy groups -OCH3 is 1. The van der Waals surface area contributed by atoms with Crippen LogP contribution in [0.5, 0.6) is 0 Å². The van der Waals surface area contributed by atoms with E-state index in [-0.39, 0.29) is 27.5 Å². The molecular weight excluding hydrogens is 483 g/mol. The van der Waals surface area contributed by atoms with Crippen LogP contribution < -0.4 is 5.32 Å². The minimum absolute atomic E-state index is 0.0446. The lowest BCUT2D eigenvalue weighted by molar-refractivity contribution is -0.137. The van der Waals surface area contributed by atoms with E-state index < -0.39 is 33.7 Å². The Bertz CT molecular complexity index is 1260. The number of alkyl halides is 3. The zero-order chi connectivity index (χ0) is 25.6. The summed E-state index contributed by atoms with van der Waals surface area (Å²) in [6.07, 6.45) is -5.06. The van der Waals surface area contributed by atoms with Gasteiger partial charge in [-0.05, 0) is 72.6 Å². The zero-order valence-corrected chi connectivity index (χ0v) is 19.6. The van der Waals surface area contributed by atoms with Gasteiger partial charge in [-0.15, -0.1) is 0 Å².